The van der Waals surface area contributed by atoms with Crippen LogP contribution in [0.4, 0.5) is 5.95 Å². The highest BCUT2D eigenvalue weighted by molar-refractivity contribution is 6.30. The minimum absolute atomic E-state index is 0.137. The lowest BCUT2D eigenvalue weighted by molar-refractivity contribution is -0.107. The summed E-state index contributed by atoms with van der Waals surface area (Å²) >= 11 is 5.74. The molecule has 0 radical (unpaired) electrons. The van der Waals surface area contributed by atoms with Crippen LogP contribution in [0.25, 0.3) is 6.08 Å². The van der Waals surface area contributed by atoms with Crippen molar-refractivity contribution in [3.05, 3.63) is 23.0 Å². The van der Waals surface area contributed by atoms with Crippen molar-refractivity contribution in [2.75, 3.05) is 5.73 Å². The predicted molar refractivity (Wildman–Crippen MR) is 51.2 cm³/mol. The van der Waals surface area contributed by atoms with Gasteiger partial charge in [-0.25, -0.2) is 9.97 Å². The number of carbonyl (C=O) groups is 1. The highest BCUT2D eigenvalue weighted by atomic mass is 35.5. The molecule has 4 nitrogen and oxygen atoms in total. The summed E-state index contributed by atoms with van der Waals surface area (Å²) in [5.74, 6) is 0.137. The van der Waals surface area contributed by atoms with Crippen LogP contribution in [0.15, 0.2) is 12.3 Å². The summed E-state index contributed by atoms with van der Waals surface area (Å²) in [6.07, 6.45) is 6.00. The van der Waals surface area contributed by atoms with Crippen LogP contribution >= 0.6 is 11.6 Å². The molecule has 0 aliphatic carbocycles. The number of aldehydes is 1. The van der Waals surface area contributed by atoms with E-state index in [1.54, 1.807) is 12.2 Å². The molecule has 2 N–H and O–H groups in total. The van der Waals surface area contributed by atoms with Crippen LogP contribution in [-0.2, 0) is 4.79 Å². The van der Waals surface area contributed by atoms with Crippen LogP contribution < -0.4 is 5.73 Å². The maximum Gasteiger partial charge on any atom is 0.221 e. The van der Waals surface area contributed by atoms with Crippen molar-refractivity contribution in [3.63, 3.8) is 0 Å². The number of anilines is 1. The normalized spacial score (nSPS) is 10.5. The Hall–Kier alpha value is -1.42. The molecule has 0 aromatic carbocycles. The first kappa shape index (κ1) is 9.67. The topological polar surface area (TPSA) is 68.9 Å². The van der Waals surface area contributed by atoms with Crippen LogP contribution in [0.1, 0.15) is 12.0 Å². The Balaban J connectivity index is 2.83. The van der Waals surface area contributed by atoms with E-state index in [1.807, 2.05) is 0 Å². The summed E-state index contributed by atoms with van der Waals surface area (Å²) in [4.78, 5) is 17.5. The summed E-state index contributed by atoms with van der Waals surface area (Å²) in [5, 5.41) is 0.287. The fourth-order valence-corrected chi connectivity index (χ4v) is 0.944. The number of hydrogen-bond acceptors (Lipinski definition) is 4. The summed E-state index contributed by atoms with van der Waals surface area (Å²) in [6.45, 7) is 0. The van der Waals surface area contributed by atoms with Gasteiger partial charge in [-0.2, -0.15) is 0 Å². The first-order chi connectivity index (χ1) is 6.24. The standard InChI is InChI=1S/C8H8ClN3O/c9-7-6(3-1-2-4-13)5-11-8(10)12-7/h1,3-5H,2H2,(H2,10,11,12). The smallest absolute Gasteiger partial charge is 0.221 e. The van der Waals surface area contributed by atoms with E-state index in [9.17, 15) is 4.79 Å². The van der Waals surface area contributed by atoms with Crippen molar-refractivity contribution < 1.29 is 4.79 Å². The highest BCUT2D eigenvalue weighted by Gasteiger charge is 1.98. The van der Waals surface area contributed by atoms with Crippen molar-refractivity contribution in [1.29, 1.82) is 0 Å². The lowest BCUT2D eigenvalue weighted by Crippen LogP contribution is -1.95. The molecule has 1 aromatic heterocycles. The van der Waals surface area contributed by atoms with E-state index < -0.39 is 0 Å². The van der Waals surface area contributed by atoms with Gasteiger partial charge in [-0.15, -0.1) is 0 Å². The van der Waals surface area contributed by atoms with E-state index in [2.05, 4.69) is 9.97 Å². The Morgan fingerprint density at radius 1 is 1.62 bits per heavy atom. The molecule has 0 aliphatic rings. The Morgan fingerprint density at radius 2 is 2.38 bits per heavy atom. The molecule has 0 amide bonds. The van der Waals surface area contributed by atoms with Gasteiger partial charge in [-0.3, -0.25) is 0 Å². The lowest BCUT2D eigenvalue weighted by Gasteiger charge is -1.96. The number of nitrogens with two attached hydrogens (primary N) is 1. The molecule has 0 aliphatic heterocycles. The highest BCUT2D eigenvalue weighted by Crippen LogP contribution is 2.14. The monoisotopic (exact) mass is 197 g/mol. The largest absolute Gasteiger partial charge is 0.368 e. The van der Waals surface area contributed by atoms with Crippen molar-refractivity contribution >= 4 is 29.9 Å². The molecule has 0 saturated heterocycles. The van der Waals surface area contributed by atoms with E-state index in [0.717, 1.165) is 6.29 Å². The van der Waals surface area contributed by atoms with Gasteiger partial charge in [0.2, 0.25) is 5.95 Å². The lowest BCUT2D eigenvalue weighted by atomic mass is 10.3. The molecule has 68 valence electrons. The van der Waals surface area contributed by atoms with E-state index in [0.29, 0.717) is 12.0 Å². The van der Waals surface area contributed by atoms with Gasteiger partial charge < -0.3 is 10.5 Å². The fraction of sp³-hybridized carbons (Fsp3) is 0.125. The minimum Gasteiger partial charge on any atom is -0.368 e. The Kier molecular flexibility index (Phi) is 3.40. The molecule has 1 aromatic rings. The molecular weight excluding hydrogens is 190 g/mol. The molecule has 0 saturated carbocycles. The third kappa shape index (κ3) is 2.83. The molecule has 13 heavy (non-hydrogen) atoms. The van der Waals surface area contributed by atoms with Crippen LogP contribution in [0.3, 0.4) is 0 Å². The number of halogens is 1. The molecule has 0 spiro atoms. The van der Waals surface area contributed by atoms with Crippen molar-refractivity contribution in [2.24, 2.45) is 0 Å². The van der Waals surface area contributed by atoms with Crippen LogP contribution in [0.2, 0.25) is 5.15 Å². The summed E-state index contributed by atoms with van der Waals surface area (Å²) in [6, 6.07) is 0. The fourth-order valence-electron chi connectivity index (χ4n) is 0.745. The van der Waals surface area contributed by atoms with Crippen molar-refractivity contribution in [1.82, 2.24) is 9.97 Å². The number of carbonyl (C=O) groups excluding carboxylic acids is 1. The van der Waals surface area contributed by atoms with Gasteiger partial charge in [0, 0.05) is 18.2 Å². The molecule has 0 unspecified atom stereocenters. The average molecular weight is 198 g/mol. The molecule has 0 atom stereocenters. The van der Waals surface area contributed by atoms with Gasteiger partial charge in [-0.05, 0) is 0 Å². The zero-order valence-electron chi connectivity index (χ0n) is 6.77. The minimum atomic E-state index is 0.137. The second-order valence-corrected chi connectivity index (χ2v) is 2.64. The Labute approximate surface area is 80.4 Å². The van der Waals surface area contributed by atoms with E-state index in [1.165, 1.54) is 6.20 Å². The van der Waals surface area contributed by atoms with Gasteiger partial charge in [0.1, 0.15) is 11.4 Å². The Bertz CT molecular complexity index is 338. The van der Waals surface area contributed by atoms with Gasteiger partial charge in [0.15, 0.2) is 0 Å². The molecule has 0 bridgehead atoms. The predicted octanol–water partition coefficient (Wildman–Crippen LogP) is 1.31. The molecule has 5 heteroatoms. The summed E-state index contributed by atoms with van der Waals surface area (Å²) < 4.78 is 0. The van der Waals surface area contributed by atoms with Gasteiger partial charge >= 0.3 is 0 Å². The quantitative estimate of drug-likeness (QED) is 0.586. The number of hydrogen-bond donors (Lipinski definition) is 1. The molecule has 1 heterocycles. The average Bonchev–Trinajstić information content (AvgIpc) is 2.09. The molecule has 1 rings (SSSR count). The number of nitrogens with zero attached hydrogens (tertiary/aromatic N) is 2. The third-order valence-electron chi connectivity index (χ3n) is 1.32. The summed E-state index contributed by atoms with van der Waals surface area (Å²) in [7, 11) is 0. The number of rotatable bonds is 3. The SMILES string of the molecule is Nc1ncc(C=CCC=O)c(Cl)n1. The van der Waals surface area contributed by atoms with Gasteiger partial charge in [0.25, 0.3) is 0 Å². The zero-order valence-corrected chi connectivity index (χ0v) is 7.53. The third-order valence-corrected chi connectivity index (χ3v) is 1.62. The maximum absolute atomic E-state index is 10.00. The van der Waals surface area contributed by atoms with Crippen molar-refractivity contribution in [3.8, 4) is 0 Å². The number of nitrogen functional groups attached to an aromatic ring is 1. The van der Waals surface area contributed by atoms with Crippen LogP contribution in [0, 0.1) is 0 Å². The molecule has 0 fully saturated rings. The van der Waals surface area contributed by atoms with Gasteiger partial charge in [-0.1, -0.05) is 23.8 Å². The van der Waals surface area contributed by atoms with E-state index in [4.69, 9.17) is 17.3 Å². The van der Waals surface area contributed by atoms with Crippen LogP contribution in [0.5, 0.6) is 0 Å². The second-order valence-electron chi connectivity index (χ2n) is 2.28. The first-order valence-electron chi connectivity index (χ1n) is 3.62. The first-order valence-corrected chi connectivity index (χ1v) is 4.00. The Morgan fingerprint density at radius 3 is 3.00 bits per heavy atom. The second kappa shape index (κ2) is 4.57. The maximum atomic E-state index is 10.00. The van der Waals surface area contributed by atoms with E-state index >= 15 is 0 Å². The molecular formula is C8H8ClN3O. The number of allylic oxidation sites excluding steroid dienone is 1. The zero-order chi connectivity index (χ0) is 9.68. The summed E-state index contributed by atoms with van der Waals surface area (Å²) in [5.41, 5.74) is 5.95. The number of aromatic nitrogens is 2. The van der Waals surface area contributed by atoms with E-state index in [-0.39, 0.29) is 11.1 Å². The van der Waals surface area contributed by atoms with Crippen molar-refractivity contribution in [2.45, 2.75) is 6.42 Å². The van der Waals surface area contributed by atoms with Crippen LogP contribution in [-0.4, -0.2) is 16.3 Å². The van der Waals surface area contributed by atoms with Gasteiger partial charge in [0.05, 0.1) is 0 Å².